The molecule has 3 N–H and O–H groups in total. The van der Waals surface area contributed by atoms with Crippen molar-refractivity contribution < 1.29 is 14.3 Å². The third-order valence-corrected chi connectivity index (χ3v) is 3.78. The molecule has 1 aliphatic rings. The maximum absolute atomic E-state index is 12.1. The van der Waals surface area contributed by atoms with Crippen molar-refractivity contribution >= 4 is 17.3 Å². The fourth-order valence-electron chi connectivity index (χ4n) is 2.71. The molecule has 128 valence electrons. The number of nitrogens with two attached hydrogens (primary N) is 1. The van der Waals surface area contributed by atoms with Gasteiger partial charge in [0.1, 0.15) is 0 Å². The van der Waals surface area contributed by atoms with Gasteiger partial charge in [-0.2, -0.15) is 0 Å². The number of rotatable bonds is 9. The third kappa shape index (κ3) is 5.03. The van der Waals surface area contributed by atoms with E-state index in [2.05, 4.69) is 24.1 Å². The molecule has 23 heavy (non-hydrogen) atoms. The Morgan fingerprint density at radius 2 is 1.83 bits per heavy atom. The van der Waals surface area contributed by atoms with Crippen LogP contribution in [0.5, 0.6) is 11.5 Å². The normalized spacial score (nSPS) is 12.7. The summed E-state index contributed by atoms with van der Waals surface area (Å²) in [6, 6.07) is 3.40. The predicted octanol–water partition coefficient (Wildman–Crippen LogP) is 2.84. The fourth-order valence-corrected chi connectivity index (χ4v) is 2.71. The molecule has 6 nitrogen and oxygen atoms in total. The summed E-state index contributed by atoms with van der Waals surface area (Å²) in [6.45, 7) is 7.67. The van der Waals surface area contributed by atoms with E-state index in [4.69, 9.17) is 15.2 Å². The molecule has 0 atom stereocenters. The molecule has 0 bridgehead atoms. The van der Waals surface area contributed by atoms with Gasteiger partial charge in [-0.3, -0.25) is 4.79 Å². The smallest absolute Gasteiger partial charge is 0.231 e. The molecular formula is C17H27N3O3. The van der Waals surface area contributed by atoms with Gasteiger partial charge in [0.15, 0.2) is 11.5 Å². The molecule has 0 radical (unpaired) electrons. The van der Waals surface area contributed by atoms with Gasteiger partial charge in [0.25, 0.3) is 0 Å². The number of benzene rings is 1. The first-order chi connectivity index (χ1) is 11.1. The number of hydrogen-bond donors (Lipinski definition) is 2. The van der Waals surface area contributed by atoms with E-state index in [0.717, 1.165) is 38.9 Å². The number of carbonyl (C=O) groups is 1. The van der Waals surface area contributed by atoms with Gasteiger partial charge < -0.3 is 25.4 Å². The van der Waals surface area contributed by atoms with Crippen molar-refractivity contribution in [3.05, 3.63) is 12.1 Å². The van der Waals surface area contributed by atoms with Crippen molar-refractivity contribution in [2.24, 2.45) is 0 Å². The summed E-state index contributed by atoms with van der Waals surface area (Å²) in [7, 11) is 0. The number of nitrogens with zero attached hydrogens (tertiary/aromatic N) is 1. The minimum Gasteiger partial charge on any atom is -0.454 e. The number of nitrogen functional groups attached to an aromatic ring is 1. The Balaban J connectivity index is 1.81. The molecule has 0 fully saturated rings. The van der Waals surface area contributed by atoms with Gasteiger partial charge in [0.05, 0.1) is 11.4 Å². The van der Waals surface area contributed by atoms with Gasteiger partial charge in [-0.25, -0.2) is 0 Å². The van der Waals surface area contributed by atoms with Gasteiger partial charge in [0.2, 0.25) is 12.7 Å². The Hall–Kier alpha value is -1.95. The van der Waals surface area contributed by atoms with Gasteiger partial charge in [-0.05, 0) is 38.9 Å². The lowest BCUT2D eigenvalue weighted by Crippen LogP contribution is -2.27. The Morgan fingerprint density at radius 1 is 1.17 bits per heavy atom. The zero-order valence-corrected chi connectivity index (χ0v) is 14.1. The second-order valence-electron chi connectivity index (χ2n) is 5.79. The van der Waals surface area contributed by atoms with Crippen LogP contribution in [-0.4, -0.2) is 37.2 Å². The van der Waals surface area contributed by atoms with Gasteiger partial charge >= 0.3 is 0 Å². The number of fused-ring (bicyclic) bond motifs is 1. The molecule has 1 aromatic rings. The number of nitrogens with one attached hydrogen (secondary N) is 1. The number of carbonyl (C=O) groups excluding carboxylic acids is 1. The Kier molecular flexibility index (Phi) is 6.52. The quantitative estimate of drug-likeness (QED) is 0.684. The SMILES string of the molecule is CCCN(CCC)CCCC(=O)Nc1cc2c(cc1N)OCO2. The molecule has 0 aromatic heterocycles. The summed E-state index contributed by atoms with van der Waals surface area (Å²) >= 11 is 0. The van der Waals surface area contributed by atoms with Crippen molar-refractivity contribution in [2.75, 3.05) is 37.5 Å². The van der Waals surface area contributed by atoms with E-state index < -0.39 is 0 Å². The van der Waals surface area contributed by atoms with Crippen LogP contribution in [0, 0.1) is 0 Å². The van der Waals surface area contributed by atoms with Crippen LogP contribution in [-0.2, 0) is 4.79 Å². The van der Waals surface area contributed by atoms with E-state index in [1.807, 2.05) is 0 Å². The number of amides is 1. The van der Waals surface area contributed by atoms with Crippen molar-refractivity contribution in [2.45, 2.75) is 39.5 Å². The van der Waals surface area contributed by atoms with E-state index in [0.29, 0.717) is 29.3 Å². The molecule has 0 unspecified atom stereocenters. The predicted molar refractivity (Wildman–Crippen MR) is 91.9 cm³/mol. The van der Waals surface area contributed by atoms with Crippen LogP contribution in [0.4, 0.5) is 11.4 Å². The number of hydrogen-bond acceptors (Lipinski definition) is 5. The van der Waals surface area contributed by atoms with E-state index in [1.165, 1.54) is 0 Å². The maximum atomic E-state index is 12.1. The van der Waals surface area contributed by atoms with Crippen LogP contribution < -0.4 is 20.5 Å². The van der Waals surface area contributed by atoms with Gasteiger partial charge in [-0.15, -0.1) is 0 Å². The highest BCUT2D eigenvalue weighted by Crippen LogP contribution is 2.38. The van der Waals surface area contributed by atoms with Gasteiger partial charge in [0, 0.05) is 18.6 Å². The highest BCUT2D eigenvalue weighted by atomic mass is 16.7. The largest absolute Gasteiger partial charge is 0.454 e. The van der Waals surface area contributed by atoms with Crippen molar-refractivity contribution in [3.63, 3.8) is 0 Å². The zero-order valence-electron chi connectivity index (χ0n) is 14.1. The maximum Gasteiger partial charge on any atom is 0.231 e. The van der Waals surface area contributed by atoms with Crippen molar-refractivity contribution in [1.29, 1.82) is 0 Å². The van der Waals surface area contributed by atoms with Crippen LogP contribution in [0.25, 0.3) is 0 Å². The number of anilines is 2. The first-order valence-electron chi connectivity index (χ1n) is 8.35. The van der Waals surface area contributed by atoms with Crippen LogP contribution in [0.1, 0.15) is 39.5 Å². The first-order valence-corrected chi connectivity index (χ1v) is 8.35. The summed E-state index contributed by atoms with van der Waals surface area (Å²) in [5.74, 6) is 1.21. The molecule has 1 heterocycles. The Bertz CT molecular complexity index is 528. The number of ether oxygens (including phenoxy) is 2. The molecule has 1 amide bonds. The minimum atomic E-state index is -0.0245. The standard InChI is InChI=1S/C17H27N3O3/c1-3-7-20(8-4-2)9-5-6-17(21)19-14-11-16-15(10-13(14)18)22-12-23-16/h10-11H,3-9,12,18H2,1-2H3,(H,19,21). The molecule has 0 saturated carbocycles. The lowest BCUT2D eigenvalue weighted by atomic mass is 10.2. The zero-order chi connectivity index (χ0) is 16.7. The molecule has 0 spiro atoms. The second-order valence-corrected chi connectivity index (χ2v) is 5.79. The van der Waals surface area contributed by atoms with E-state index in [-0.39, 0.29) is 12.7 Å². The van der Waals surface area contributed by atoms with E-state index in [1.54, 1.807) is 12.1 Å². The van der Waals surface area contributed by atoms with Crippen LogP contribution in [0.15, 0.2) is 12.1 Å². The van der Waals surface area contributed by atoms with Crippen LogP contribution >= 0.6 is 0 Å². The van der Waals surface area contributed by atoms with E-state index in [9.17, 15) is 4.79 Å². The molecule has 2 rings (SSSR count). The van der Waals surface area contributed by atoms with Gasteiger partial charge in [-0.1, -0.05) is 13.8 Å². The minimum absolute atomic E-state index is 0.0245. The summed E-state index contributed by atoms with van der Waals surface area (Å²) in [5, 5.41) is 2.86. The topological polar surface area (TPSA) is 76.8 Å². The monoisotopic (exact) mass is 321 g/mol. The van der Waals surface area contributed by atoms with Crippen LogP contribution in [0.3, 0.4) is 0 Å². The van der Waals surface area contributed by atoms with Crippen molar-refractivity contribution in [3.8, 4) is 11.5 Å². The molecule has 1 aromatic carbocycles. The average Bonchev–Trinajstić information content (AvgIpc) is 2.95. The average molecular weight is 321 g/mol. The Morgan fingerprint density at radius 3 is 2.48 bits per heavy atom. The van der Waals surface area contributed by atoms with E-state index >= 15 is 0 Å². The van der Waals surface area contributed by atoms with Crippen molar-refractivity contribution in [1.82, 2.24) is 4.90 Å². The summed E-state index contributed by atoms with van der Waals surface area (Å²) in [5.41, 5.74) is 7.01. The summed E-state index contributed by atoms with van der Waals surface area (Å²) in [6.07, 6.45) is 3.61. The second kappa shape index (κ2) is 8.62. The lowest BCUT2D eigenvalue weighted by molar-refractivity contribution is -0.116. The molecular weight excluding hydrogens is 294 g/mol. The highest BCUT2D eigenvalue weighted by Gasteiger charge is 2.17. The summed E-state index contributed by atoms with van der Waals surface area (Å²) < 4.78 is 10.6. The van der Waals surface area contributed by atoms with Crippen LogP contribution in [0.2, 0.25) is 0 Å². The third-order valence-electron chi connectivity index (χ3n) is 3.78. The molecule has 0 aliphatic carbocycles. The lowest BCUT2D eigenvalue weighted by Gasteiger charge is -2.20. The first kappa shape index (κ1) is 17.4. The molecule has 1 aliphatic heterocycles. The molecule has 6 heteroatoms. The Labute approximate surface area is 137 Å². The highest BCUT2D eigenvalue weighted by molar-refractivity contribution is 5.94. The summed E-state index contributed by atoms with van der Waals surface area (Å²) in [4.78, 5) is 14.5. The molecule has 0 saturated heterocycles. The fraction of sp³-hybridized carbons (Fsp3) is 0.588.